The highest BCUT2D eigenvalue weighted by Gasteiger charge is 2.38. The molecule has 4 N–H and O–H groups in total. The van der Waals surface area contributed by atoms with E-state index in [0.29, 0.717) is 6.42 Å². The van der Waals surface area contributed by atoms with Crippen molar-refractivity contribution in [2.45, 2.75) is 37.0 Å². The number of carbonyl (C=O) groups excluding carboxylic acids is 2. The van der Waals surface area contributed by atoms with E-state index in [4.69, 9.17) is 14.6 Å². The van der Waals surface area contributed by atoms with Crippen molar-refractivity contribution in [1.29, 1.82) is 0 Å². The third-order valence-corrected chi connectivity index (χ3v) is 6.06. The van der Waals surface area contributed by atoms with Crippen LogP contribution >= 0.6 is 0 Å². The fourth-order valence-corrected chi connectivity index (χ4v) is 4.22. The van der Waals surface area contributed by atoms with E-state index >= 15 is 0 Å². The average Bonchev–Trinajstić information content (AvgIpc) is 3.38. The lowest BCUT2D eigenvalue weighted by Crippen LogP contribution is -2.53. The third kappa shape index (κ3) is 4.69. The average molecular weight is 454 g/mol. The van der Waals surface area contributed by atoms with Crippen LogP contribution in [-0.4, -0.2) is 65.7 Å². The van der Waals surface area contributed by atoms with Crippen molar-refractivity contribution in [2.75, 3.05) is 19.8 Å². The first-order valence-electron chi connectivity index (χ1n) is 10.7. The quantitative estimate of drug-likeness (QED) is 0.500. The molecule has 33 heavy (non-hydrogen) atoms. The topological polar surface area (TPSA) is 134 Å². The summed E-state index contributed by atoms with van der Waals surface area (Å²) < 4.78 is 10.9. The SMILES string of the molecule is CC(O)(CNC(=O)[C@@H]1OCC[C@@H]1NC(=O)OCC1c2ccccc2-c2ccccc21)C(=O)O. The second-order valence-electron chi connectivity index (χ2n) is 8.45. The number of carboxylic acids is 1. The summed E-state index contributed by atoms with van der Waals surface area (Å²) in [4.78, 5) is 35.9. The first kappa shape index (κ1) is 22.8. The van der Waals surface area contributed by atoms with E-state index in [1.165, 1.54) is 0 Å². The maximum atomic E-state index is 12.5. The van der Waals surface area contributed by atoms with Crippen LogP contribution in [0.3, 0.4) is 0 Å². The second-order valence-corrected chi connectivity index (χ2v) is 8.45. The monoisotopic (exact) mass is 454 g/mol. The molecule has 1 aliphatic heterocycles. The van der Waals surface area contributed by atoms with Gasteiger partial charge in [-0.25, -0.2) is 9.59 Å². The molecule has 1 saturated heterocycles. The van der Waals surface area contributed by atoms with E-state index in [1.54, 1.807) is 0 Å². The number of rotatable bonds is 7. The van der Waals surface area contributed by atoms with Gasteiger partial charge in [-0.3, -0.25) is 4.79 Å². The first-order valence-corrected chi connectivity index (χ1v) is 10.7. The number of fused-ring (bicyclic) bond motifs is 3. The summed E-state index contributed by atoms with van der Waals surface area (Å²) >= 11 is 0. The molecule has 0 saturated carbocycles. The maximum absolute atomic E-state index is 12.5. The van der Waals surface area contributed by atoms with Gasteiger partial charge < -0.3 is 30.3 Å². The van der Waals surface area contributed by atoms with Gasteiger partial charge in [0.2, 0.25) is 0 Å². The van der Waals surface area contributed by atoms with Gasteiger partial charge in [0, 0.05) is 12.5 Å². The summed E-state index contributed by atoms with van der Waals surface area (Å²) in [7, 11) is 0. The summed E-state index contributed by atoms with van der Waals surface area (Å²) in [5, 5.41) is 23.8. The number of alkyl carbamates (subject to hydrolysis) is 1. The molecule has 1 fully saturated rings. The molecule has 2 aliphatic rings. The Morgan fingerprint density at radius 2 is 1.70 bits per heavy atom. The Balaban J connectivity index is 1.34. The van der Waals surface area contributed by atoms with Crippen LogP contribution in [0.4, 0.5) is 4.79 Å². The van der Waals surface area contributed by atoms with E-state index in [9.17, 15) is 19.5 Å². The minimum Gasteiger partial charge on any atom is -0.479 e. The molecule has 9 nitrogen and oxygen atoms in total. The van der Waals surface area contributed by atoms with Crippen LogP contribution in [0, 0.1) is 0 Å². The number of carboxylic acid groups (broad SMARTS) is 1. The molecule has 0 spiro atoms. The van der Waals surface area contributed by atoms with Crippen molar-refractivity contribution in [3.05, 3.63) is 59.7 Å². The second kappa shape index (κ2) is 9.21. The molecule has 1 aliphatic carbocycles. The number of ether oxygens (including phenoxy) is 2. The Labute approximate surface area is 190 Å². The van der Waals surface area contributed by atoms with Gasteiger partial charge in [-0.15, -0.1) is 0 Å². The third-order valence-electron chi connectivity index (χ3n) is 6.06. The molecule has 1 heterocycles. The molecule has 2 aromatic rings. The summed E-state index contributed by atoms with van der Waals surface area (Å²) in [6, 6.07) is 15.4. The van der Waals surface area contributed by atoms with Gasteiger partial charge in [0.15, 0.2) is 11.7 Å². The lowest BCUT2D eigenvalue weighted by Gasteiger charge is -2.23. The fourth-order valence-electron chi connectivity index (χ4n) is 4.22. The van der Waals surface area contributed by atoms with Crippen LogP contribution in [-0.2, 0) is 19.1 Å². The van der Waals surface area contributed by atoms with Crippen LogP contribution in [0.1, 0.15) is 30.4 Å². The molecular weight excluding hydrogens is 428 g/mol. The van der Waals surface area contributed by atoms with E-state index in [-0.39, 0.29) is 19.1 Å². The van der Waals surface area contributed by atoms with E-state index < -0.39 is 42.3 Å². The van der Waals surface area contributed by atoms with E-state index in [1.807, 2.05) is 36.4 Å². The van der Waals surface area contributed by atoms with Gasteiger partial charge in [0.25, 0.3) is 5.91 Å². The molecule has 1 unspecified atom stereocenters. The largest absolute Gasteiger partial charge is 0.479 e. The lowest BCUT2D eigenvalue weighted by atomic mass is 9.98. The smallest absolute Gasteiger partial charge is 0.407 e. The predicted octanol–water partition coefficient (Wildman–Crippen LogP) is 1.63. The Bertz CT molecular complexity index is 1020. The van der Waals surface area contributed by atoms with Gasteiger partial charge in [0.1, 0.15) is 6.61 Å². The van der Waals surface area contributed by atoms with Crippen molar-refractivity contribution < 1.29 is 34.1 Å². The van der Waals surface area contributed by atoms with E-state index in [0.717, 1.165) is 29.2 Å². The molecule has 2 amide bonds. The highest BCUT2D eigenvalue weighted by atomic mass is 16.6. The number of carbonyl (C=O) groups is 3. The lowest BCUT2D eigenvalue weighted by molar-refractivity contribution is -0.156. The molecule has 2 aromatic carbocycles. The van der Waals surface area contributed by atoms with Gasteiger partial charge in [-0.05, 0) is 35.6 Å². The van der Waals surface area contributed by atoms with Crippen molar-refractivity contribution in [3.8, 4) is 11.1 Å². The van der Waals surface area contributed by atoms with Crippen LogP contribution in [0.2, 0.25) is 0 Å². The van der Waals surface area contributed by atoms with Crippen LogP contribution in [0.25, 0.3) is 11.1 Å². The molecule has 3 atom stereocenters. The molecule has 0 radical (unpaired) electrons. The van der Waals surface area contributed by atoms with Crippen molar-refractivity contribution in [3.63, 3.8) is 0 Å². The molecular formula is C24H26N2O7. The zero-order chi connectivity index (χ0) is 23.6. The number of hydrogen-bond acceptors (Lipinski definition) is 6. The molecule has 4 rings (SSSR count). The van der Waals surface area contributed by atoms with Gasteiger partial charge >= 0.3 is 12.1 Å². The van der Waals surface area contributed by atoms with Crippen molar-refractivity contribution in [2.24, 2.45) is 0 Å². The molecule has 0 bridgehead atoms. The van der Waals surface area contributed by atoms with E-state index in [2.05, 4.69) is 22.8 Å². The number of aliphatic carboxylic acids is 1. The zero-order valence-corrected chi connectivity index (χ0v) is 18.1. The Morgan fingerprint density at radius 1 is 1.09 bits per heavy atom. The maximum Gasteiger partial charge on any atom is 0.407 e. The standard InChI is InChI=1S/C24H26N2O7/c1-24(31,22(28)29)13-25-21(27)20-19(10-11-32-20)26-23(30)33-12-18-16-8-4-2-6-14(16)15-7-3-5-9-17(15)18/h2-9,18-20,31H,10-13H2,1H3,(H,25,27)(H,26,30)(H,28,29)/t19-,20+,24?/m0/s1. The molecule has 0 aromatic heterocycles. The highest BCUT2D eigenvalue weighted by Crippen LogP contribution is 2.44. The van der Waals surface area contributed by atoms with Crippen molar-refractivity contribution in [1.82, 2.24) is 10.6 Å². The number of hydrogen-bond donors (Lipinski definition) is 4. The summed E-state index contributed by atoms with van der Waals surface area (Å²) in [6.07, 6.45) is -1.27. The van der Waals surface area contributed by atoms with Gasteiger partial charge in [-0.2, -0.15) is 0 Å². The number of benzene rings is 2. The number of nitrogens with one attached hydrogen (secondary N) is 2. The summed E-state index contributed by atoms with van der Waals surface area (Å²) in [6.45, 7) is 0.990. The van der Waals surface area contributed by atoms with Crippen LogP contribution < -0.4 is 10.6 Å². The zero-order valence-electron chi connectivity index (χ0n) is 18.1. The molecule has 174 valence electrons. The highest BCUT2D eigenvalue weighted by molar-refractivity contribution is 5.84. The Morgan fingerprint density at radius 3 is 2.30 bits per heavy atom. The molecule has 9 heteroatoms. The first-order chi connectivity index (χ1) is 15.8. The summed E-state index contributed by atoms with van der Waals surface area (Å²) in [5.41, 5.74) is 2.33. The fraction of sp³-hybridized carbons (Fsp3) is 0.375. The summed E-state index contributed by atoms with van der Waals surface area (Å²) in [5.74, 6) is -2.15. The Hall–Kier alpha value is -3.43. The predicted molar refractivity (Wildman–Crippen MR) is 118 cm³/mol. The minimum absolute atomic E-state index is 0.0830. The van der Waals surface area contributed by atoms with Crippen LogP contribution in [0.5, 0.6) is 0 Å². The number of aliphatic hydroxyl groups is 1. The van der Waals surface area contributed by atoms with Gasteiger partial charge in [-0.1, -0.05) is 48.5 Å². The van der Waals surface area contributed by atoms with Crippen LogP contribution in [0.15, 0.2) is 48.5 Å². The minimum atomic E-state index is -2.11. The number of amides is 2. The van der Waals surface area contributed by atoms with Crippen molar-refractivity contribution >= 4 is 18.0 Å². The normalized spacial score (nSPS) is 20.9. The Kier molecular flexibility index (Phi) is 6.35. The van der Waals surface area contributed by atoms with Gasteiger partial charge in [0.05, 0.1) is 12.6 Å².